The lowest BCUT2D eigenvalue weighted by molar-refractivity contribution is -0.140. The van der Waals surface area contributed by atoms with E-state index >= 15 is 0 Å². The summed E-state index contributed by atoms with van der Waals surface area (Å²) in [5.41, 5.74) is 2.70. The number of nitrogens with one attached hydrogen (secondary N) is 2. The number of benzene rings is 2. The third-order valence-corrected chi connectivity index (χ3v) is 7.27. The van der Waals surface area contributed by atoms with Gasteiger partial charge in [0.15, 0.2) is 5.17 Å². The van der Waals surface area contributed by atoms with Gasteiger partial charge in [0.1, 0.15) is 5.25 Å². The molecule has 1 aliphatic heterocycles. The first-order valence-corrected chi connectivity index (χ1v) is 12.4. The third kappa shape index (κ3) is 6.71. The number of esters is 1. The lowest BCUT2D eigenvalue weighted by Gasteiger charge is -2.25. The second kappa shape index (κ2) is 12.4. The van der Waals surface area contributed by atoms with E-state index in [2.05, 4.69) is 15.0 Å². The molecule has 1 heterocycles. The van der Waals surface area contributed by atoms with Crippen molar-refractivity contribution in [3.05, 3.63) is 65.7 Å². The van der Waals surface area contributed by atoms with E-state index in [1.807, 2.05) is 42.2 Å². The molecule has 2 atom stereocenters. The van der Waals surface area contributed by atoms with Crippen LogP contribution in [-0.2, 0) is 20.9 Å². The van der Waals surface area contributed by atoms with Crippen molar-refractivity contribution < 1.29 is 19.1 Å². The molecule has 10 heteroatoms. The number of hydrogen-bond acceptors (Lipinski definition) is 7. The highest BCUT2D eigenvalue weighted by Gasteiger charge is 2.41. The van der Waals surface area contributed by atoms with Crippen LogP contribution in [-0.4, -0.2) is 58.3 Å². The van der Waals surface area contributed by atoms with Crippen LogP contribution in [0.3, 0.4) is 0 Å². The number of ether oxygens (including phenoxy) is 1. The van der Waals surface area contributed by atoms with Crippen LogP contribution in [0.2, 0.25) is 0 Å². The van der Waals surface area contributed by atoms with E-state index in [0.29, 0.717) is 17.3 Å². The number of carbonyl (C=O) groups excluding carboxylic acids is 3. The number of carbonyl (C=O) groups is 3. The van der Waals surface area contributed by atoms with Crippen molar-refractivity contribution in [2.75, 3.05) is 13.7 Å². The predicted molar refractivity (Wildman–Crippen MR) is 135 cm³/mol. The van der Waals surface area contributed by atoms with Gasteiger partial charge in [-0.15, -0.1) is 0 Å². The number of thioether (sulfide) groups is 2. The minimum atomic E-state index is -0.487. The largest absolute Gasteiger partial charge is 0.469 e. The Balaban J connectivity index is 1.79. The summed E-state index contributed by atoms with van der Waals surface area (Å²) in [6, 6.07) is 16.5. The minimum absolute atomic E-state index is 0.0907. The zero-order valence-electron chi connectivity index (χ0n) is 18.9. The molecule has 1 fully saturated rings. The maximum absolute atomic E-state index is 12.9. The van der Waals surface area contributed by atoms with Crippen molar-refractivity contribution in [3.8, 4) is 0 Å². The molecule has 2 aromatic rings. The van der Waals surface area contributed by atoms with E-state index in [9.17, 15) is 14.4 Å². The lowest BCUT2D eigenvalue weighted by Crippen LogP contribution is -2.42. The summed E-state index contributed by atoms with van der Waals surface area (Å²) in [5, 5.41) is 9.95. The van der Waals surface area contributed by atoms with Gasteiger partial charge >= 0.3 is 5.97 Å². The molecule has 0 saturated carbocycles. The van der Waals surface area contributed by atoms with Crippen molar-refractivity contribution in [2.45, 2.75) is 36.1 Å². The zero-order valence-corrected chi connectivity index (χ0v) is 20.5. The maximum atomic E-state index is 12.9. The Morgan fingerprint density at radius 1 is 1.18 bits per heavy atom. The molecule has 2 amide bonds. The molecule has 0 bridgehead atoms. The highest BCUT2D eigenvalue weighted by molar-refractivity contribution is 8.15. The lowest BCUT2D eigenvalue weighted by atomic mass is 10.1. The van der Waals surface area contributed by atoms with Gasteiger partial charge in [-0.2, -0.15) is 4.99 Å². The quantitative estimate of drug-likeness (QED) is 0.235. The molecule has 1 aliphatic rings. The normalized spacial score (nSPS) is 18.5. The van der Waals surface area contributed by atoms with Crippen molar-refractivity contribution in [2.24, 2.45) is 4.99 Å². The summed E-state index contributed by atoms with van der Waals surface area (Å²) in [6.45, 7) is 2.61. The van der Waals surface area contributed by atoms with Gasteiger partial charge in [0.2, 0.25) is 5.91 Å². The number of amides is 2. The first-order valence-electron chi connectivity index (χ1n) is 10.6. The van der Waals surface area contributed by atoms with Gasteiger partial charge in [-0.05, 0) is 36.8 Å². The molecule has 34 heavy (non-hydrogen) atoms. The van der Waals surface area contributed by atoms with Crippen LogP contribution in [0.4, 0.5) is 0 Å². The van der Waals surface area contributed by atoms with E-state index < -0.39 is 17.1 Å². The first kappa shape index (κ1) is 25.5. The molecule has 1 saturated heterocycles. The van der Waals surface area contributed by atoms with Crippen molar-refractivity contribution >= 4 is 52.0 Å². The summed E-state index contributed by atoms with van der Waals surface area (Å²) in [6.07, 6.45) is 0.0907. The Bertz CT molecular complexity index is 1060. The molecule has 8 nitrogen and oxygen atoms in total. The number of nitrogens with zero attached hydrogens (tertiary/aromatic N) is 2. The van der Waals surface area contributed by atoms with Crippen LogP contribution >= 0.6 is 23.5 Å². The molecule has 0 spiro atoms. The zero-order chi connectivity index (χ0) is 24.5. The second-order valence-corrected chi connectivity index (χ2v) is 9.52. The summed E-state index contributed by atoms with van der Waals surface area (Å²) >= 11 is 2.50. The summed E-state index contributed by atoms with van der Waals surface area (Å²) < 4.78 is 4.61. The van der Waals surface area contributed by atoms with Gasteiger partial charge in [0, 0.05) is 29.6 Å². The molecular formula is C24H26N4O4S2. The van der Waals surface area contributed by atoms with Gasteiger partial charge in [0.05, 0.1) is 19.1 Å². The molecule has 2 unspecified atom stereocenters. The molecule has 2 N–H and O–H groups in total. The molecule has 0 aromatic heterocycles. The van der Waals surface area contributed by atoms with Gasteiger partial charge < -0.3 is 20.4 Å². The number of aliphatic imine (C=N–C) groups is 1. The van der Waals surface area contributed by atoms with E-state index in [4.69, 9.17) is 5.41 Å². The van der Waals surface area contributed by atoms with Crippen LogP contribution in [0.15, 0.2) is 64.5 Å². The van der Waals surface area contributed by atoms with Crippen molar-refractivity contribution in [1.82, 2.24) is 10.2 Å². The fourth-order valence-electron chi connectivity index (χ4n) is 3.36. The van der Waals surface area contributed by atoms with Crippen LogP contribution in [0.1, 0.15) is 29.3 Å². The third-order valence-electron chi connectivity index (χ3n) is 5.21. The van der Waals surface area contributed by atoms with Crippen LogP contribution in [0, 0.1) is 5.41 Å². The Hall–Kier alpha value is -3.11. The molecule has 0 radical (unpaired) electrons. The maximum Gasteiger partial charge on any atom is 0.307 e. The topological polar surface area (TPSA) is 112 Å². The minimum Gasteiger partial charge on any atom is -0.469 e. The summed E-state index contributed by atoms with van der Waals surface area (Å²) in [4.78, 5) is 44.3. The second-order valence-electron chi connectivity index (χ2n) is 7.47. The Kier molecular flexibility index (Phi) is 9.29. The van der Waals surface area contributed by atoms with Gasteiger partial charge in [0.25, 0.3) is 5.91 Å². The fraction of sp³-hybridized carbons (Fsp3) is 0.292. The Morgan fingerprint density at radius 2 is 1.88 bits per heavy atom. The SMILES string of the molecule is COC(=O)CCNC(=O)C1SC(=NC(=O)c2ccc(SC=N)cc2)N(Cc2ccccc2)C1C. The van der Waals surface area contributed by atoms with Gasteiger partial charge in [-0.25, -0.2) is 0 Å². The highest BCUT2D eigenvalue weighted by Crippen LogP contribution is 2.33. The number of methoxy groups -OCH3 is 1. The summed E-state index contributed by atoms with van der Waals surface area (Å²) in [7, 11) is 1.31. The molecule has 178 valence electrons. The Labute approximate surface area is 207 Å². The molecule has 3 rings (SSSR count). The van der Waals surface area contributed by atoms with E-state index in [0.717, 1.165) is 10.5 Å². The van der Waals surface area contributed by atoms with Crippen LogP contribution < -0.4 is 5.32 Å². The first-order chi connectivity index (χ1) is 16.4. The standard InChI is InChI=1S/C24H26N4O4S2/c1-16-21(23(31)26-13-12-20(29)32-2)34-24(28(16)14-17-6-4-3-5-7-17)27-22(30)18-8-10-19(11-9-18)33-15-25/h3-11,15-16,21,25H,12-14H2,1-2H3,(H,26,31). The molecular weight excluding hydrogens is 472 g/mol. The molecule has 0 aliphatic carbocycles. The average Bonchev–Trinajstić information content (AvgIpc) is 3.15. The van der Waals surface area contributed by atoms with Crippen LogP contribution in [0.25, 0.3) is 0 Å². The van der Waals surface area contributed by atoms with E-state index in [1.165, 1.54) is 36.2 Å². The van der Waals surface area contributed by atoms with Gasteiger partial charge in [-0.3, -0.25) is 14.4 Å². The number of amidine groups is 1. The van der Waals surface area contributed by atoms with E-state index in [-0.39, 0.29) is 24.9 Å². The number of hydrogen-bond donors (Lipinski definition) is 2. The van der Waals surface area contributed by atoms with E-state index in [1.54, 1.807) is 24.3 Å². The predicted octanol–water partition coefficient (Wildman–Crippen LogP) is 3.57. The van der Waals surface area contributed by atoms with Gasteiger partial charge in [-0.1, -0.05) is 53.9 Å². The summed E-state index contributed by atoms with van der Waals surface area (Å²) in [5.74, 6) is -1.01. The average molecular weight is 499 g/mol. The molecule has 2 aromatic carbocycles. The van der Waals surface area contributed by atoms with Crippen LogP contribution in [0.5, 0.6) is 0 Å². The highest BCUT2D eigenvalue weighted by atomic mass is 32.2. The monoisotopic (exact) mass is 498 g/mol. The smallest absolute Gasteiger partial charge is 0.307 e. The van der Waals surface area contributed by atoms with Crippen molar-refractivity contribution in [1.29, 1.82) is 5.41 Å². The Morgan fingerprint density at radius 3 is 2.53 bits per heavy atom. The fourth-order valence-corrected chi connectivity index (χ4v) is 5.05. The van der Waals surface area contributed by atoms with Crippen molar-refractivity contribution in [3.63, 3.8) is 0 Å². The number of rotatable bonds is 9.